The molecular formula is C9H19N3O. The first kappa shape index (κ1) is 10.3. The van der Waals surface area contributed by atoms with Crippen LogP contribution in [0.1, 0.15) is 39.5 Å². The minimum absolute atomic E-state index is 0.199. The summed E-state index contributed by atoms with van der Waals surface area (Å²) in [6, 6.07) is -0.0234. The number of carbonyl (C=O) groups excluding carboxylic acids is 1. The zero-order valence-electron chi connectivity index (χ0n) is 8.39. The minimum Gasteiger partial charge on any atom is -0.334 e. The topological polar surface area (TPSA) is 67.2 Å². The summed E-state index contributed by atoms with van der Waals surface area (Å²) < 4.78 is 0. The Morgan fingerprint density at radius 3 is 2.69 bits per heavy atom. The Bertz CT molecular complexity index is 191. The third-order valence-electron chi connectivity index (χ3n) is 2.94. The summed E-state index contributed by atoms with van der Waals surface area (Å²) in [5.74, 6) is 5.02. The van der Waals surface area contributed by atoms with Crippen molar-refractivity contribution in [3.8, 4) is 0 Å². The van der Waals surface area contributed by atoms with E-state index in [0.29, 0.717) is 0 Å². The summed E-state index contributed by atoms with van der Waals surface area (Å²) >= 11 is 0. The molecule has 0 radical (unpaired) electrons. The predicted octanol–water partition coefficient (Wildman–Crippen LogP) is 1.13. The molecule has 2 amide bonds. The summed E-state index contributed by atoms with van der Waals surface area (Å²) in [6.45, 7) is 4.38. The number of rotatable bonds is 1. The van der Waals surface area contributed by atoms with Gasteiger partial charge in [0, 0.05) is 6.04 Å². The molecular weight excluding hydrogens is 166 g/mol. The van der Waals surface area contributed by atoms with E-state index in [4.69, 9.17) is 5.84 Å². The second-order valence-electron chi connectivity index (χ2n) is 4.40. The Morgan fingerprint density at radius 2 is 2.15 bits per heavy atom. The first-order valence-corrected chi connectivity index (χ1v) is 4.83. The van der Waals surface area contributed by atoms with Crippen LogP contribution in [0.5, 0.6) is 0 Å². The maximum absolute atomic E-state index is 11.0. The van der Waals surface area contributed by atoms with Crippen LogP contribution in [0.2, 0.25) is 0 Å². The fourth-order valence-electron chi connectivity index (χ4n) is 1.96. The zero-order valence-corrected chi connectivity index (χ0v) is 8.39. The number of hydrogen-bond acceptors (Lipinski definition) is 2. The lowest BCUT2D eigenvalue weighted by Gasteiger charge is -2.38. The minimum atomic E-state index is -0.278. The Hall–Kier alpha value is -0.770. The molecule has 4 nitrogen and oxygen atoms in total. The van der Waals surface area contributed by atoms with Crippen LogP contribution in [-0.4, -0.2) is 12.1 Å². The summed E-state index contributed by atoms with van der Waals surface area (Å²) in [6.07, 6.45) is 4.68. The molecule has 0 aromatic heterocycles. The number of amides is 2. The highest BCUT2D eigenvalue weighted by molar-refractivity contribution is 5.73. The van der Waals surface area contributed by atoms with E-state index in [1.165, 1.54) is 19.3 Å². The highest BCUT2D eigenvalue weighted by Crippen LogP contribution is 2.35. The molecule has 0 saturated heterocycles. The van der Waals surface area contributed by atoms with Crippen LogP contribution in [0.3, 0.4) is 0 Å². The Kier molecular flexibility index (Phi) is 3.14. The Balaban J connectivity index is 2.51. The molecule has 0 heterocycles. The molecule has 1 unspecified atom stereocenters. The van der Waals surface area contributed by atoms with E-state index in [-0.39, 0.29) is 17.5 Å². The lowest BCUT2D eigenvalue weighted by Crippen LogP contribution is -2.51. The van der Waals surface area contributed by atoms with Crippen molar-refractivity contribution in [2.75, 3.05) is 0 Å². The van der Waals surface area contributed by atoms with E-state index in [9.17, 15) is 4.79 Å². The van der Waals surface area contributed by atoms with E-state index in [1.807, 2.05) is 0 Å². The number of carbonyl (C=O) groups is 1. The van der Waals surface area contributed by atoms with Crippen molar-refractivity contribution in [2.24, 2.45) is 11.3 Å². The number of urea groups is 1. The molecule has 1 aliphatic rings. The van der Waals surface area contributed by atoms with E-state index < -0.39 is 0 Å². The molecule has 4 heteroatoms. The fourth-order valence-corrected chi connectivity index (χ4v) is 1.96. The first-order chi connectivity index (χ1) is 6.06. The molecule has 13 heavy (non-hydrogen) atoms. The number of nitrogens with one attached hydrogen (secondary N) is 2. The van der Waals surface area contributed by atoms with Gasteiger partial charge in [0.05, 0.1) is 0 Å². The van der Waals surface area contributed by atoms with Gasteiger partial charge in [-0.15, -0.1) is 0 Å². The molecule has 1 aliphatic carbocycles. The van der Waals surface area contributed by atoms with Gasteiger partial charge in [-0.2, -0.15) is 0 Å². The number of hydrazine groups is 1. The second-order valence-corrected chi connectivity index (χ2v) is 4.40. The van der Waals surface area contributed by atoms with Gasteiger partial charge in [-0.05, 0) is 18.3 Å². The van der Waals surface area contributed by atoms with Gasteiger partial charge in [-0.1, -0.05) is 26.7 Å². The number of hydrogen-bond donors (Lipinski definition) is 3. The quantitative estimate of drug-likeness (QED) is 0.325. The maximum atomic E-state index is 11.0. The lowest BCUT2D eigenvalue weighted by molar-refractivity contribution is 0.166. The predicted molar refractivity (Wildman–Crippen MR) is 51.9 cm³/mol. The highest BCUT2D eigenvalue weighted by atomic mass is 16.2. The van der Waals surface area contributed by atoms with Crippen molar-refractivity contribution < 1.29 is 4.79 Å². The van der Waals surface area contributed by atoms with Crippen molar-refractivity contribution in [1.82, 2.24) is 10.7 Å². The third kappa shape index (κ3) is 2.59. The van der Waals surface area contributed by atoms with Crippen LogP contribution in [0.4, 0.5) is 4.79 Å². The summed E-state index contributed by atoms with van der Waals surface area (Å²) in [5, 5.41) is 2.88. The molecule has 0 aromatic rings. The van der Waals surface area contributed by atoms with Gasteiger partial charge in [0.25, 0.3) is 0 Å². The van der Waals surface area contributed by atoms with Crippen molar-refractivity contribution >= 4 is 6.03 Å². The van der Waals surface area contributed by atoms with Crippen molar-refractivity contribution in [2.45, 2.75) is 45.6 Å². The average Bonchev–Trinajstić information content (AvgIpc) is 2.08. The molecule has 0 spiro atoms. The van der Waals surface area contributed by atoms with Gasteiger partial charge >= 0.3 is 6.03 Å². The van der Waals surface area contributed by atoms with Gasteiger partial charge in [0.2, 0.25) is 0 Å². The molecule has 0 aliphatic heterocycles. The maximum Gasteiger partial charge on any atom is 0.329 e. The van der Waals surface area contributed by atoms with Gasteiger partial charge in [0.1, 0.15) is 0 Å². The molecule has 1 fully saturated rings. The van der Waals surface area contributed by atoms with Gasteiger partial charge in [-0.25, -0.2) is 10.6 Å². The average molecular weight is 185 g/mol. The van der Waals surface area contributed by atoms with Crippen LogP contribution in [-0.2, 0) is 0 Å². The normalized spacial score (nSPS) is 26.5. The Morgan fingerprint density at radius 1 is 1.46 bits per heavy atom. The van der Waals surface area contributed by atoms with Crippen molar-refractivity contribution in [3.05, 3.63) is 0 Å². The summed E-state index contributed by atoms with van der Waals surface area (Å²) in [7, 11) is 0. The second kappa shape index (κ2) is 3.96. The van der Waals surface area contributed by atoms with Crippen LogP contribution in [0.15, 0.2) is 0 Å². The molecule has 1 atom stereocenters. The smallest absolute Gasteiger partial charge is 0.329 e. The third-order valence-corrected chi connectivity index (χ3v) is 2.94. The van der Waals surface area contributed by atoms with E-state index >= 15 is 0 Å². The Labute approximate surface area is 79.2 Å². The number of nitrogens with two attached hydrogens (primary N) is 1. The zero-order chi connectivity index (χ0) is 9.90. The van der Waals surface area contributed by atoms with E-state index in [1.54, 1.807) is 0 Å². The SMILES string of the molecule is CC1(C)CCCCC1NC(=O)NN. The standard InChI is InChI=1S/C9H19N3O/c1-9(2)6-4-3-5-7(9)11-8(13)12-10/h7H,3-6,10H2,1-2H3,(H2,11,12,13). The van der Waals surface area contributed by atoms with Crippen molar-refractivity contribution in [3.63, 3.8) is 0 Å². The fraction of sp³-hybridized carbons (Fsp3) is 0.889. The molecule has 1 saturated carbocycles. The molecule has 4 N–H and O–H groups in total. The van der Waals surface area contributed by atoms with Crippen LogP contribution in [0.25, 0.3) is 0 Å². The molecule has 1 rings (SSSR count). The lowest BCUT2D eigenvalue weighted by atomic mass is 9.73. The highest BCUT2D eigenvalue weighted by Gasteiger charge is 2.32. The van der Waals surface area contributed by atoms with E-state index in [2.05, 4.69) is 24.6 Å². The summed E-state index contributed by atoms with van der Waals surface area (Å²) in [4.78, 5) is 11.0. The largest absolute Gasteiger partial charge is 0.334 e. The molecule has 76 valence electrons. The monoisotopic (exact) mass is 185 g/mol. The van der Waals surface area contributed by atoms with Gasteiger partial charge in [-0.3, -0.25) is 5.43 Å². The van der Waals surface area contributed by atoms with Crippen LogP contribution in [0, 0.1) is 5.41 Å². The summed E-state index contributed by atoms with van der Waals surface area (Å²) in [5.41, 5.74) is 2.30. The van der Waals surface area contributed by atoms with Gasteiger partial charge in [0.15, 0.2) is 0 Å². The molecule has 0 bridgehead atoms. The van der Waals surface area contributed by atoms with Crippen LogP contribution < -0.4 is 16.6 Å². The molecule has 0 aromatic carbocycles. The van der Waals surface area contributed by atoms with Gasteiger partial charge < -0.3 is 5.32 Å². The van der Waals surface area contributed by atoms with E-state index in [0.717, 1.165) is 6.42 Å². The first-order valence-electron chi connectivity index (χ1n) is 4.83. The van der Waals surface area contributed by atoms with Crippen molar-refractivity contribution in [1.29, 1.82) is 0 Å². The van der Waals surface area contributed by atoms with Crippen LogP contribution >= 0.6 is 0 Å².